The number of hydrogen-bond donors (Lipinski definition) is 3. The van der Waals surface area contributed by atoms with Crippen molar-refractivity contribution in [3.05, 3.63) is 47.8 Å². The summed E-state index contributed by atoms with van der Waals surface area (Å²) in [6.45, 7) is 4.18. The molecule has 1 fully saturated rings. The maximum atomic E-state index is 6.04. The third-order valence-corrected chi connectivity index (χ3v) is 5.22. The summed E-state index contributed by atoms with van der Waals surface area (Å²) in [6.07, 6.45) is 7.98. The van der Waals surface area contributed by atoms with Gasteiger partial charge in [-0.2, -0.15) is 0 Å². The molecule has 6 heteroatoms. The SMILES string of the molecule is Cc1ccc(Nc2c(C)c(NC3CCC(N)CC3)nn3ccnc23)cc1. The third kappa shape index (κ3) is 3.37. The van der Waals surface area contributed by atoms with E-state index in [1.165, 1.54) is 5.56 Å². The fraction of sp³-hybridized carbons (Fsp3) is 0.400. The zero-order valence-electron chi connectivity index (χ0n) is 15.4. The van der Waals surface area contributed by atoms with E-state index in [1.807, 2.05) is 10.7 Å². The van der Waals surface area contributed by atoms with Gasteiger partial charge in [0.1, 0.15) is 0 Å². The van der Waals surface area contributed by atoms with E-state index in [2.05, 4.69) is 53.7 Å². The zero-order valence-corrected chi connectivity index (χ0v) is 15.4. The molecule has 3 aromatic rings. The van der Waals surface area contributed by atoms with Crippen LogP contribution in [0.2, 0.25) is 0 Å². The lowest BCUT2D eigenvalue weighted by atomic mass is 9.92. The predicted molar refractivity (Wildman–Crippen MR) is 106 cm³/mol. The molecule has 1 saturated carbocycles. The van der Waals surface area contributed by atoms with Gasteiger partial charge in [0.2, 0.25) is 0 Å². The minimum atomic E-state index is 0.344. The quantitative estimate of drug-likeness (QED) is 0.667. The van der Waals surface area contributed by atoms with Crippen molar-refractivity contribution in [3.63, 3.8) is 0 Å². The van der Waals surface area contributed by atoms with Gasteiger partial charge in [-0.25, -0.2) is 9.50 Å². The lowest BCUT2D eigenvalue weighted by Crippen LogP contribution is -2.33. The molecule has 0 radical (unpaired) electrons. The first-order valence-corrected chi connectivity index (χ1v) is 9.30. The second-order valence-electron chi connectivity index (χ2n) is 7.29. The van der Waals surface area contributed by atoms with Gasteiger partial charge in [0.15, 0.2) is 11.5 Å². The molecule has 2 heterocycles. The molecule has 0 unspecified atom stereocenters. The van der Waals surface area contributed by atoms with Crippen LogP contribution in [0.1, 0.15) is 36.8 Å². The monoisotopic (exact) mass is 350 g/mol. The summed E-state index contributed by atoms with van der Waals surface area (Å²) >= 11 is 0. The molecule has 4 rings (SSSR count). The maximum absolute atomic E-state index is 6.04. The topological polar surface area (TPSA) is 80.3 Å². The van der Waals surface area contributed by atoms with Gasteiger partial charge in [0.25, 0.3) is 0 Å². The molecule has 1 aromatic carbocycles. The van der Waals surface area contributed by atoms with Gasteiger partial charge in [0, 0.05) is 35.7 Å². The summed E-state index contributed by atoms with van der Waals surface area (Å²) in [7, 11) is 0. The van der Waals surface area contributed by atoms with Gasteiger partial charge >= 0.3 is 0 Å². The van der Waals surface area contributed by atoms with Gasteiger partial charge in [0.05, 0.1) is 5.69 Å². The molecule has 2 aromatic heterocycles. The molecular weight excluding hydrogens is 324 g/mol. The highest BCUT2D eigenvalue weighted by Gasteiger charge is 2.21. The molecular formula is C20H26N6. The molecule has 0 spiro atoms. The number of rotatable bonds is 4. The minimum Gasteiger partial charge on any atom is -0.366 e. The van der Waals surface area contributed by atoms with Crippen molar-refractivity contribution >= 4 is 22.8 Å². The first-order valence-electron chi connectivity index (χ1n) is 9.30. The van der Waals surface area contributed by atoms with E-state index in [0.29, 0.717) is 12.1 Å². The average Bonchev–Trinajstić information content (AvgIpc) is 3.10. The molecule has 0 saturated heterocycles. The molecule has 1 aliphatic rings. The van der Waals surface area contributed by atoms with Gasteiger partial charge < -0.3 is 16.4 Å². The van der Waals surface area contributed by atoms with E-state index in [-0.39, 0.29) is 0 Å². The van der Waals surface area contributed by atoms with E-state index in [1.54, 1.807) is 6.20 Å². The Bertz CT molecular complexity index is 891. The van der Waals surface area contributed by atoms with Crippen molar-refractivity contribution in [1.82, 2.24) is 14.6 Å². The summed E-state index contributed by atoms with van der Waals surface area (Å²) in [5.74, 6) is 0.908. The molecule has 6 nitrogen and oxygen atoms in total. The number of nitrogens with one attached hydrogen (secondary N) is 2. The van der Waals surface area contributed by atoms with Gasteiger partial charge in [-0.15, -0.1) is 5.10 Å². The summed E-state index contributed by atoms with van der Waals surface area (Å²) in [5, 5.41) is 11.9. The minimum absolute atomic E-state index is 0.344. The first kappa shape index (κ1) is 16.8. The van der Waals surface area contributed by atoms with Crippen molar-refractivity contribution in [2.45, 2.75) is 51.6 Å². The van der Waals surface area contributed by atoms with Crippen LogP contribution < -0.4 is 16.4 Å². The second kappa shape index (κ2) is 6.96. The fourth-order valence-corrected chi connectivity index (χ4v) is 3.55. The number of aromatic nitrogens is 3. The van der Waals surface area contributed by atoms with E-state index in [4.69, 9.17) is 10.8 Å². The molecule has 136 valence electrons. The summed E-state index contributed by atoms with van der Waals surface area (Å²) < 4.78 is 1.83. The second-order valence-corrected chi connectivity index (χ2v) is 7.29. The molecule has 0 amide bonds. The van der Waals surface area contributed by atoms with Crippen LogP contribution in [-0.2, 0) is 0 Å². The Balaban J connectivity index is 1.66. The van der Waals surface area contributed by atoms with Crippen LogP contribution in [0.3, 0.4) is 0 Å². The molecule has 1 aliphatic carbocycles. The van der Waals surface area contributed by atoms with Crippen molar-refractivity contribution in [1.29, 1.82) is 0 Å². The summed E-state index contributed by atoms with van der Waals surface area (Å²) in [4.78, 5) is 4.48. The van der Waals surface area contributed by atoms with Crippen molar-refractivity contribution in [3.8, 4) is 0 Å². The zero-order chi connectivity index (χ0) is 18.1. The number of imidazole rings is 1. The van der Waals surface area contributed by atoms with Crippen LogP contribution in [0.4, 0.5) is 17.2 Å². The Morgan fingerprint density at radius 2 is 1.81 bits per heavy atom. The smallest absolute Gasteiger partial charge is 0.177 e. The van der Waals surface area contributed by atoms with Crippen LogP contribution in [-0.4, -0.2) is 26.7 Å². The number of aryl methyl sites for hydroxylation is 1. The number of nitrogens with two attached hydrogens (primary N) is 1. The first-order chi connectivity index (χ1) is 12.6. The Morgan fingerprint density at radius 1 is 1.08 bits per heavy atom. The van der Waals surface area contributed by atoms with E-state index < -0.39 is 0 Å². The predicted octanol–water partition coefficient (Wildman–Crippen LogP) is 3.77. The molecule has 26 heavy (non-hydrogen) atoms. The third-order valence-electron chi connectivity index (χ3n) is 5.22. The average molecular weight is 350 g/mol. The van der Waals surface area contributed by atoms with Crippen molar-refractivity contribution < 1.29 is 0 Å². The van der Waals surface area contributed by atoms with Crippen molar-refractivity contribution in [2.75, 3.05) is 10.6 Å². The molecule has 0 bridgehead atoms. The number of benzene rings is 1. The highest BCUT2D eigenvalue weighted by Crippen LogP contribution is 2.30. The molecule has 0 atom stereocenters. The number of hydrogen-bond acceptors (Lipinski definition) is 5. The van der Waals surface area contributed by atoms with Crippen LogP contribution in [0, 0.1) is 13.8 Å². The Hall–Kier alpha value is -2.60. The Kier molecular flexibility index (Phi) is 4.51. The van der Waals surface area contributed by atoms with Crippen molar-refractivity contribution in [2.24, 2.45) is 5.73 Å². The number of anilines is 3. The largest absolute Gasteiger partial charge is 0.366 e. The maximum Gasteiger partial charge on any atom is 0.177 e. The summed E-state index contributed by atoms with van der Waals surface area (Å²) in [5.41, 5.74) is 11.2. The Labute approximate surface area is 153 Å². The van der Waals surface area contributed by atoms with E-state index in [0.717, 1.165) is 54.1 Å². The highest BCUT2D eigenvalue weighted by atomic mass is 15.3. The van der Waals surface area contributed by atoms with Crippen LogP contribution in [0.15, 0.2) is 36.7 Å². The van der Waals surface area contributed by atoms with Crippen LogP contribution in [0.5, 0.6) is 0 Å². The lowest BCUT2D eigenvalue weighted by Gasteiger charge is -2.28. The van der Waals surface area contributed by atoms with E-state index in [9.17, 15) is 0 Å². The lowest BCUT2D eigenvalue weighted by molar-refractivity contribution is 0.410. The van der Waals surface area contributed by atoms with Crippen LogP contribution >= 0.6 is 0 Å². The molecule has 0 aliphatic heterocycles. The fourth-order valence-electron chi connectivity index (χ4n) is 3.55. The standard InChI is InChI=1S/C20H26N6/c1-13-3-7-16(8-4-13)23-18-14(2)19(25-26-12-11-22-20(18)26)24-17-9-5-15(21)6-10-17/h3-4,7-8,11-12,15,17,23H,5-6,9-10,21H2,1-2H3,(H,24,25). The summed E-state index contributed by atoms with van der Waals surface area (Å²) in [6, 6.07) is 9.15. The number of nitrogens with zero attached hydrogens (tertiary/aromatic N) is 3. The highest BCUT2D eigenvalue weighted by molar-refractivity contribution is 5.80. The van der Waals surface area contributed by atoms with Gasteiger partial charge in [-0.05, 0) is 51.7 Å². The van der Waals surface area contributed by atoms with Gasteiger partial charge in [-0.3, -0.25) is 0 Å². The number of fused-ring (bicyclic) bond motifs is 1. The van der Waals surface area contributed by atoms with E-state index >= 15 is 0 Å². The van der Waals surface area contributed by atoms with Gasteiger partial charge in [-0.1, -0.05) is 17.7 Å². The van der Waals surface area contributed by atoms with Crippen LogP contribution in [0.25, 0.3) is 5.65 Å². The Morgan fingerprint density at radius 3 is 2.54 bits per heavy atom. The molecule has 4 N–H and O–H groups in total. The normalized spacial score (nSPS) is 20.3.